The largest absolute Gasteiger partial charge is 0.481 e. The molecule has 0 aromatic heterocycles. The van der Waals surface area contributed by atoms with Gasteiger partial charge in [0, 0.05) is 12.8 Å². The van der Waals surface area contributed by atoms with Gasteiger partial charge in [-0.1, -0.05) is 49.0 Å². The molecule has 0 bridgehead atoms. The average molecular weight is 250 g/mol. The Bertz CT molecular complexity index is 304. The highest BCUT2D eigenvalue weighted by Crippen LogP contribution is 2.45. The highest BCUT2D eigenvalue weighted by Gasteiger charge is 2.38. The van der Waals surface area contributed by atoms with E-state index in [9.17, 15) is 9.59 Å². The van der Waals surface area contributed by atoms with E-state index in [2.05, 4.69) is 0 Å². The summed E-state index contributed by atoms with van der Waals surface area (Å²) in [6.07, 6.45) is 4.93. The Morgan fingerprint density at radius 2 is 1.33 bits per heavy atom. The van der Waals surface area contributed by atoms with Crippen LogP contribution < -0.4 is 0 Å². The molecule has 98 valence electrons. The van der Waals surface area contributed by atoms with Crippen LogP contribution in [0.15, 0.2) is 0 Å². The Morgan fingerprint density at radius 1 is 0.889 bits per heavy atom. The maximum Gasteiger partial charge on any atom is 0.302 e. The number of aliphatic carboxylic acids is 2. The van der Waals surface area contributed by atoms with Crippen LogP contribution in [0.4, 0.5) is 0 Å². The molecule has 18 heavy (non-hydrogen) atoms. The molecule has 2 saturated heterocycles. The Morgan fingerprint density at radius 3 is 1.72 bits per heavy atom. The third kappa shape index (κ3) is 3.53. The monoisotopic (exact) mass is 250 g/mol. The minimum atomic E-state index is -0.698. The van der Waals surface area contributed by atoms with Crippen molar-refractivity contribution >= 4 is 26.5 Å². The topological polar surface area (TPSA) is 74.6 Å². The number of carbonyl (C=O) groups is 2. The summed E-state index contributed by atoms with van der Waals surface area (Å²) in [4.78, 5) is 21.5. The third-order valence-corrected chi connectivity index (χ3v) is 4.76. The quantitative estimate of drug-likeness (QED) is 0.738. The van der Waals surface area contributed by atoms with Gasteiger partial charge in [-0.25, -0.2) is 0 Å². The van der Waals surface area contributed by atoms with E-state index < -0.39 is 11.9 Å². The van der Waals surface area contributed by atoms with Gasteiger partial charge in [0.05, 0.1) is 0 Å². The normalized spacial score (nSPS) is 34.9. The maximum absolute atomic E-state index is 10.8. The van der Waals surface area contributed by atoms with Crippen molar-refractivity contribution in [2.75, 3.05) is 0 Å². The summed E-state index contributed by atoms with van der Waals surface area (Å²) in [5.41, 5.74) is 0.571. The predicted molar refractivity (Wildman–Crippen MR) is 72.0 cm³/mol. The Kier molecular flexibility index (Phi) is 4.36. The molecule has 0 aromatic carbocycles. The molecule has 2 aliphatic rings. The molecule has 4 nitrogen and oxygen atoms in total. The lowest BCUT2D eigenvalue weighted by Gasteiger charge is -2.40. The van der Waals surface area contributed by atoms with Crippen LogP contribution in [0.2, 0.25) is 17.4 Å². The highest BCUT2D eigenvalue weighted by atomic mass is 16.4. The molecule has 2 aliphatic heterocycles. The van der Waals surface area contributed by atoms with Crippen molar-refractivity contribution in [3.63, 3.8) is 0 Å². The zero-order chi connectivity index (χ0) is 13.1. The zero-order valence-electron chi connectivity index (χ0n) is 10.7. The van der Waals surface area contributed by atoms with Crippen LogP contribution in [0.25, 0.3) is 0 Å². The molecule has 2 atom stereocenters. The summed E-state index contributed by atoms with van der Waals surface area (Å²) in [5, 5.41) is 17.7. The molecular weight excluding hydrogens is 230 g/mol. The van der Waals surface area contributed by atoms with E-state index in [1.54, 1.807) is 0 Å². The molecule has 0 saturated carbocycles. The molecule has 2 heterocycles. The van der Waals surface area contributed by atoms with Gasteiger partial charge in [0.2, 0.25) is 0 Å². The van der Waals surface area contributed by atoms with Crippen molar-refractivity contribution < 1.29 is 19.8 Å². The number of hydrogen-bond acceptors (Lipinski definition) is 2. The van der Waals surface area contributed by atoms with Gasteiger partial charge >= 0.3 is 11.9 Å². The van der Waals surface area contributed by atoms with Crippen molar-refractivity contribution in [3.05, 3.63) is 0 Å². The molecule has 0 spiro atoms. The summed E-state index contributed by atoms with van der Waals surface area (Å²) in [5.74, 6) is -0.0487. The minimum Gasteiger partial charge on any atom is -0.481 e. The molecule has 2 N–H and O–H groups in total. The van der Waals surface area contributed by atoms with Crippen LogP contribution in [0, 0.1) is 5.92 Å². The first kappa shape index (κ1) is 13.5. The van der Waals surface area contributed by atoms with Gasteiger partial charge in [0.15, 0.2) is 0 Å². The maximum atomic E-state index is 10.8. The lowest BCUT2D eigenvalue weighted by Crippen LogP contribution is -2.36. The predicted octanol–water partition coefficient (Wildman–Crippen LogP) is 1.34. The molecule has 0 amide bonds. The summed E-state index contributed by atoms with van der Waals surface area (Å²) in [7, 11) is 1.99. The van der Waals surface area contributed by atoms with Gasteiger partial charge in [-0.05, 0) is 0 Å². The lowest BCUT2D eigenvalue weighted by atomic mass is 9.28. The van der Waals surface area contributed by atoms with Gasteiger partial charge in [0.25, 0.3) is 0 Å². The minimum absolute atomic E-state index is 0.285. The van der Waals surface area contributed by atoms with Gasteiger partial charge in [-0.15, -0.1) is 0 Å². The average Bonchev–Trinajstić information content (AvgIpc) is 2.26. The van der Waals surface area contributed by atoms with Crippen LogP contribution in [0.3, 0.4) is 0 Å². The number of fused-ring (bicyclic) bond motifs is 1. The van der Waals surface area contributed by atoms with Crippen molar-refractivity contribution in [2.45, 2.75) is 55.9 Å². The first-order valence-electron chi connectivity index (χ1n) is 6.98. The first-order chi connectivity index (χ1) is 8.54. The molecular formula is C12H20B2O4. The molecule has 0 aromatic rings. The van der Waals surface area contributed by atoms with E-state index in [0.717, 1.165) is 46.2 Å². The SMILES string of the molecule is O=C(O)CC1BC2BC(CC(=O)O)CCC2CC1. The zero-order valence-corrected chi connectivity index (χ0v) is 10.7. The summed E-state index contributed by atoms with van der Waals surface area (Å²) < 4.78 is 0. The van der Waals surface area contributed by atoms with Crippen molar-refractivity contribution in [3.8, 4) is 0 Å². The number of rotatable bonds is 4. The standard InChI is InChI=1S/C12H20B2O4/c15-10(16)5-8-3-1-7-2-4-9(6-11(17)18)14-12(7)13-8/h7-9,12-14H,1-6H2,(H,15,16)(H,17,18). The molecule has 2 unspecified atom stereocenters. The van der Waals surface area contributed by atoms with Gasteiger partial charge in [-0.3, -0.25) is 9.59 Å². The van der Waals surface area contributed by atoms with Crippen molar-refractivity contribution in [1.29, 1.82) is 0 Å². The second-order valence-electron chi connectivity index (χ2n) is 6.07. The van der Waals surface area contributed by atoms with Gasteiger partial charge in [-0.2, -0.15) is 0 Å². The Balaban J connectivity index is 1.87. The highest BCUT2D eigenvalue weighted by molar-refractivity contribution is 6.61. The van der Waals surface area contributed by atoms with Crippen LogP contribution in [-0.4, -0.2) is 36.7 Å². The molecule has 0 aliphatic carbocycles. The fourth-order valence-corrected chi connectivity index (χ4v) is 3.95. The molecule has 2 rings (SSSR count). The number of hydrogen-bond donors (Lipinski definition) is 2. The molecule has 2 fully saturated rings. The fraction of sp³-hybridized carbons (Fsp3) is 0.833. The summed E-state index contributed by atoms with van der Waals surface area (Å²) in [6, 6.07) is 0. The first-order valence-corrected chi connectivity index (χ1v) is 6.98. The van der Waals surface area contributed by atoms with Crippen molar-refractivity contribution in [2.24, 2.45) is 5.92 Å². The summed E-state index contributed by atoms with van der Waals surface area (Å²) >= 11 is 0. The number of carboxylic acids is 2. The van der Waals surface area contributed by atoms with Crippen LogP contribution in [0.1, 0.15) is 38.5 Å². The van der Waals surface area contributed by atoms with E-state index in [1.165, 1.54) is 0 Å². The smallest absolute Gasteiger partial charge is 0.302 e. The lowest BCUT2D eigenvalue weighted by molar-refractivity contribution is -0.138. The van der Waals surface area contributed by atoms with Crippen LogP contribution >= 0.6 is 0 Å². The Labute approximate surface area is 109 Å². The molecule has 0 radical (unpaired) electrons. The second kappa shape index (κ2) is 5.81. The fourth-order valence-electron chi connectivity index (χ4n) is 3.95. The van der Waals surface area contributed by atoms with Crippen LogP contribution in [-0.2, 0) is 9.59 Å². The van der Waals surface area contributed by atoms with Crippen LogP contribution in [0.5, 0.6) is 0 Å². The van der Waals surface area contributed by atoms with E-state index in [0.29, 0.717) is 17.4 Å². The van der Waals surface area contributed by atoms with E-state index in [-0.39, 0.29) is 12.8 Å². The van der Waals surface area contributed by atoms with Gasteiger partial charge < -0.3 is 10.2 Å². The molecule has 6 heteroatoms. The van der Waals surface area contributed by atoms with Crippen molar-refractivity contribution in [1.82, 2.24) is 0 Å². The van der Waals surface area contributed by atoms with E-state index in [4.69, 9.17) is 10.2 Å². The van der Waals surface area contributed by atoms with E-state index in [1.807, 2.05) is 0 Å². The second-order valence-corrected chi connectivity index (χ2v) is 6.07. The third-order valence-electron chi connectivity index (χ3n) is 4.76. The summed E-state index contributed by atoms with van der Waals surface area (Å²) in [6.45, 7) is 0. The van der Waals surface area contributed by atoms with Gasteiger partial charge in [0.1, 0.15) is 14.6 Å². The van der Waals surface area contributed by atoms with E-state index >= 15 is 0 Å². The Hall–Kier alpha value is -0.930. The number of carboxylic acid groups (broad SMARTS) is 2.